The van der Waals surface area contributed by atoms with Gasteiger partial charge in [-0.3, -0.25) is 0 Å². The van der Waals surface area contributed by atoms with E-state index in [1.807, 2.05) is 50.2 Å². The summed E-state index contributed by atoms with van der Waals surface area (Å²) in [4.78, 5) is 4.57. The number of rotatable bonds is 5. The summed E-state index contributed by atoms with van der Waals surface area (Å²) < 4.78 is 13.2. The predicted molar refractivity (Wildman–Crippen MR) is 224 cm³/mol. The Morgan fingerprint density at radius 1 is 0.278 bits per heavy atom. The summed E-state index contributed by atoms with van der Waals surface area (Å²) in [5.74, 6) is 3.23. The molecule has 8 aromatic carbocycles. The number of fused-ring (bicyclic) bond motifs is 4. The maximum atomic E-state index is 6.60. The van der Waals surface area contributed by atoms with Gasteiger partial charge in [0.2, 0.25) is 0 Å². The molecule has 0 fully saturated rings. The number of ether oxygens (including phenoxy) is 2. The minimum absolute atomic E-state index is 0.797. The summed E-state index contributed by atoms with van der Waals surface area (Å²) in [6.45, 7) is 4.00. The molecule has 0 unspecified atom stereocenters. The zero-order valence-electron chi connectivity index (χ0n) is 30.2. The first-order valence-corrected chi connectivity index (χ1v) is 18.5. The molecule has 2 aliphatic rings. The number of hydrogen-bond acceptors (Lipinski definition) is 4. The van der Waals surface area contributed by atoms with Crippen LogP contribution in [0.5, 0.6) is 23.0 Å². The summed E-state index contributed by atoms with van der Waals surface area (Å²) in [7, 11) is 0. The van der Waals surface area contributed by atoms with Crippen LogP contribution in [0.4, 0.5) is 34.1 Å². The SMILES string of the molecule is CC.c1ccc(-c2ccc(N3c4ccccc4Oc4cc(-c5ccc6c(c5)Oc5ccccc5N6c5cccc(-c6ccccc6)c5)ccc43)cc2)cc1. The van der Waals surface area contributed by atoms with Crippen molar-refractivity contribution in [3.8, 4) is 56.4 Å². The molecule has 4 heteroatoms. The molecule has 0 bridgehead atoms. The van der Waals surface area contributed by atoms with Crippen LogP contribution in [-0.2, 0) is 0 Å². The van der Waals surface area contributed by atoms with Crippen molar-refractivity contribution in [1.82, 2.24) is 0 Å². The molecule has 0 aliphatic carbocycles. The fourth-order valence-electron chi connectivity index (χ4n) is 7.32. The zero-order valence-corrected chi connectivity index (χ0v) is 30.2. The van der Waals surface area contributed by atoms with Crippen LogP contribution in [0, 0.1) is 0 Å². The Balaban J connectivity index is 0.00000189. The van der Waals surface area contributed by atoms with Gasteiger partial charge in [-0.2, -0.15) is 0 Å². The van der Waals surface area contributed by atoms with Gasteiger partial charge in [0.25, 0.3) is 0 Å². The van der Waals surface area contributed by atoms with Crippen LogP contribution < -0.4 is 19.3 Å². The molecule has 0 radical (unpaired) electrons. The molecule has 4 nitrogen and oxygen atoms in total. The van der Waals surface area contributed by atoms with Gasteiger partial charge in [0.05, 0.1) is 22.7 Å². The van der Waals surface area contributed by atoms with Crippen LogP contribution in [0.25, 0.3) is 33.4 Å². The van der Waals surface area contributed by atoms with Gasteiger partial charge in [-0.15, -0.1) is 0 Å². The lowest BCUT2D eigenvalue weighted by Gasteiger charge is -2.34. The largest absolute Gasteiger partial charge is 0.453 e. The first-order chi connectivity index (χ1) is 26.8. The smallest absolute Gasteiger partial charge is 0.152 e. The Hall–Kier alpha value is -7.04. The summed E-state index contributed by atoms with van der Waals surface area (Å²) in [6, 6.07) is 67.7. The van der Waals surface area contributed by atoms with Crippen molar-refractivity contribution in [2.75, 3.05) is 9.80 Å². The summed E-state index contributed by atoms with van der Waals surface area (Å²) in [5, 5.41) is 0. The standard InChI is InChI=1S/C48H32N2O2.C2H6/c1-3-12-33(13-4-1)35-22-26-39(27-23-35)49-41-18-7-9-20-45(41)51-47-31-37(24-28-43(47)49)38-25-29-44-48(32-38)52-46-21-10-8-19-42(46)50(44)40-17-11-16-36(30-40)34-14-5-2-6-15-34;1-2/h1-32H;1-2H3. The Bertz CT molecular complexity index is 2580. The fraction of sp³-hybridized carbons (Fsp3) is 0.0400. The molecule has 8 aromatic rings. The lowest BCUT2D eigenvalue weighted by atomic mass is 10.00. The second-order valence-corrected chi connectivity index (χ2v) is 13.0. The predicted octanol–water partition coefficient (Wildman–Crippen LogP) is 14.9. The highest BCUT2D eigenvalue weighted by molar-refractivity contribution is 5.91. The van der Waals surface area contributed by atoms with E-state index in [9.17, 15) is 0 Å². The maximum Gasteiger partial charge on any atom is 0.152 e. The molecule has 0 saturated heterocycles. The number of anilines is 6. The van der Waals surface area contributed by atoms with Gasteiger partial charge in [0, 0.05) is 11.4 Å². The molecule has 0 N–H and O–H groups in total. The lowest BCUT2D eigenvalue weighted by molar-refractivity contribution is 0.476. The monoisotopic (exact) mass is 698 g/mol. The summed E-state index contributed by atoms with van der Waals surface area (Å²) in [6.07, 6.45) is 0. The van der Waals surface area contributed by atoms with Gasteiger partial charge in [0.15, 0.2) is 23.0 Å². The van der Waals surface area contributed by atoms with Crippen LogP contribution in [-0.4, -0.2) is 0 Å². The van der Waals surface area contributed by atoms with Crippen LogP contribution in [0.15, 0.2) is 194 Å². The van der Waals surface area contributed by atoms with Crippen molar-refractivity contribution in [3.63, 3.8) is 0 Å². The molecule has 0 amide bonds. The van der Waals surface area contributed by atoms with E-state index >= 15 is 0 Å². The van der Waals surface area contributed by atoms with Gasteiger partial charge in [0.1, 0.15) is 0 Å². The Kier molecular flexibility index (Phi) is 8.62. The fourth-order valence-corrected chi connectivity index (χ4v) is 7.32. The topological polar surface area (TPSA) is 24.9 Å². The first kappa shape index (κ1) is 32.8. The average Bonchev–Trinajstić information content (AvgIpc) is 3.25. The van der Waals surface area contributed by atoms with Crippen LogP contribution in [0.3, 0.4) is 0 Å². The van der Waals surface area contributed by atoms with Crippen molar-refractivity contribution in [3.05, 3.63) is 194 Å². The highest BCUT2D eigenvalue weighted by Gasteiger charge is 2.28. The van der Waals surface area contributed by atoms with Crippen molar-refractivity contribution >= 4 is 34.1 Å². The molecule has 0 saturated carbocycles. The van der Waals surface area contributed by atoms with Crippen molar-refractivity contribution < 1.29 is 9.47 Å². The van der Waals surface area contributed by atoms with E-state index in [1.54, 1.807) is 0 Å². The number of para-hydroxylation sites is 4. The Labute approximate surface area is 316 Å². The van der Waals surface area contributed by atoms with Crippen LogP contribution >= 0.6 is 0 Å². The normalized spacial score (nSPS) is 12.1. The molecule has 10 rings (SSSR count). The third-order valence-electron chi connectivity index (χ3n) is 9.83. The van der Waals surface area contributed by atoms with E-state index in [1.165, 1.54) is 16.7 Å². The third-order valence-corrected chi connectivity index (χ3v) is 9.83. The minimum atomic E-state index is 0.797. The van der Waals surface area contributed by atoms with Gasteiger partial charge in [-0.1, -0.05) is 135 Å². The third kappa shape index (κ3) is 5.94. The zero-order chi connectivity index (χ0) is 36.4. The van der Waals surface area contributed by atoms with Crippen molar-refractivity contribution in [1.29, 1.82) is 0 Å². The van der Waals surface area contributed by atoms with Crippen molar-refractivity contribution in [2.24, 2.45) is 0 Å². The van der Waals surface area contributed by atoms with E-state index < -0.39 is 0 Å². The van der Waals surface area contributed by atoms with E-state index in [0.717, 1.165) is 73.8 Å². The number of nitrogens with zero attached hydrogens (tertiary/aromatic N) is 2. The average molecular weight is 699 g/mol. The second kappa shape index (κ2) is 14.2. The highest BCUT2D eigenvalue weighted by atomic mass is 16.5. The van der Waals surface area contributed by atoms with Gasteiger partial charge in [-0.25, -0.2) is 0 Å². The summed E-state index contributed by atoms with van der Waals surface area (Å²) >= 11 is 0. The number of benzene rings is 8. The molecule has 260 valence electrons. The van der Waals surface area contributed by atoms with Gasteiger partial charge >= 0.3 is 0 Å². The Morgan fingerprint density at radius 2 is 0.667 bits per heavy atom. The molecule has 0 atom stereocenters. The summed E-state index contributed by atoms with van der Waals surface area (Å²) in [5.41, 5.74) is 12.9. The van der Waals surface area contributed by atoms with Crippen LogP contribution in [0.1, 0.15) is 13.8 Å². The quantitative estimate of drug-likeness (QED) is 0.179. The number of hydrogen-bond donors (Lipinski definition) is 0. The first-order valence-electron chi connectivity index (χ1n) is 18.5. The maximum absolute atomic E-state index is 6.60. The van der Waals surface area contributed by atoms with E-state index in [4.69, 9.17) is 9.47 Å². The molecular formula is C50H38N2O2. The van der Waals surface area contributed by atoms with E-state index in [-0.39, 0.29) is 0 Å². The lowest BCUT2D eigenvalue weighted by Crippen LogP contribution is -2.16. The molecule has 0 aromatic heterocycles. The van der Waals surface area contributed by atoms with Crippen LogP contribution in [0.2, 0.25) is 0 Å². The van der Waals surface area contributed by atoms with Crippen molar-refractivity contribution in [2.45, 2.75) is 13.8 Å². The molecular weight excluding hydrogens is 661 g/mol. The van der Waals surface area contributed by atoms with E-state index in [0.29, 0.717) is 0 Å². The molecule has 2 aliphatic heterocycles. The minimum Gasteiger partial charge on any atom is -0.453 e. The molecule has 2 heterocycles. The molecule has 0 spiro atoms. The Morgan fingerprint density at radius 3 is 1.22 bits per heavy atom. The van der Waals surface area contributed by atoms with E-state index in [2.05, 4.69) is 168 Å². The second-order valence-electron chi connectivity index (χ2n) is 13.0. The van der Waals surface area contributed by atoms with Gasteiger partial charge in [-0.05, 0) is 106 Å². The van der Waals surface area contributed by atoms with Gasteiger partial charge < -0.3 is 19.3 Å². The highest BCUT2D eigenvalue weighted by Crippen LogP contribution is 2.54. The molecule has 54 heavy (non-hydrogen) atoms.